The molecule has 5 nitrogen and oxygen atoms in total. The van der Waals surface area contributed by atoms with E-state index in [0.29, 0.717) is 30.0 Å². The smallest absolute Gasteiger partial charge is 0.224 e. The summed E-state index contributed by atoms with van der Waals surface area (Å²) in [7, 11) is -3.52. The van der Waals surface area contributed by atoms with Crippen LogP contribution in [0.25, 0.3) is 0 Å². The van der Waals surface area contributed by atoms with Crippen LogP contribution in [0.4, 0.5) is 0 Å². The van der Waals surface area contributed by atoms with Gasteiger partial charge in [0.2, 0.25) is 15.9 Å². The molecule has 2 aromatic carbocycles. The second-order valence-corrected chi connectivity index (χ2v) is 11.5. The summed E-state index contributed by atoms with van der Waals surface area (Å²) in [5.41, 5.74) is 4.59. The number of carbonyl (C=O) groups is 1. The third-order valence-electron chi connectivity index (χ3n) is 6.62. The molecule has 32 heavy (non-hydrogen) atoms. The van der Waals surface area contributed by atoms with Crippen molar-refractivity contribution in [2.24, 2.45) is 5.92 Å². The zero-order valence-electron chi connectivity index (χ0n) is 18.5. The topological polar surface area (TPSA) is 66.5 Å². The zero-order chi connectivity index (χ0) is 22.7. The second-order valence-electron chi connectivity index (χ2n) is 9.05. The summed E-state index contributed by atoms with van der Waals surface area (Å²) in [6.45, 7) is 2.68. The Morgan fingerprint density at radius 3 is 2.69 bits per heavy atom. The summed E-state index contributed by atoms with van der Waals surface area (Å²) in [6, 6.07) is 13.3. The van der Waals surface area contributed by atoms with Gasteiger partial charge in [-0.1, -0.05) is 41.9 Å². The van der Waals surface area contributed by atoms with Crippen molar-refractivity contribution < 1.29 is 13.2 Å². The molecular weight excluding hydrogens is 444 g/mol. The van der Waals surface area contributed by atoms with E-state index in [2.05, 4.69) is 23.5 Å². The maximum absolute atomic E-state index is 13.0. The van der Waals surface area contributed by atoms with Gasteiger partial charge in [-0.05, 0) is 79.8 Å². The van der Waals surface area contributed by atoms with Crippen LogP contribution in [0.2, 0.25) is 5.02 Å². The fourth-order valence-corrected chi connectivity index (χ4v) is 6.59. The largest absolute Gasteiger partial charge is 0.349 e. The summed E-state index contributed by atoms with van der Waals surface area (Å²) in [6.07, 6.45) is 6.09. The van der Waals surface area contributed by atoms with E-state index in [1.807, 2.05) is 6.92 Å². The lowest BCUT2D eigenvalue weighted by atomic mass is 9.89. The number of fused-ring (bicyclic) bond motifs is 1. The number of rotatable bonds is 6. The average molecular weight is 475 g/mol. The predicted octanol–water partition coefficient (Wildman–Crippen LogP) is 4.64. The number of carbonyl (C=O) groups excluding carboxylic acids is 1. The van der Waals surface area contributed by atoms with Gasteiger partial charge in [-0.2, -0.15) is 0 Å². The van der Waals surface area contributed by atoms with Crippen molar-refractivity contribution in [2.75, 3.05) is 13.1 Å². The Labute approximate surface area is 196 Å². The zero-order valence-corrected chi connectivity index (χ0v) is 20.1. The molecule has 1 fully saturated rings. The number of aryl methyl sites for hydroxylation is 2. The molecule has 0 saturated carbocycles. The van der Waals surface area contributed by atoms with Crippen LogP contribution in [0.5, 0.6) is 0 Å². The Morgan fingerprint density at radius 1 is 1.12 bits per heavy atom. The summed E-state index contributed by atoms with van der Waals surface area (Å²) >= 11 is 6.00. The van der Waals surface area contributed by atoms with Crippen LogP contribution >= 0.6 is 11.6 Å². The Balaban J connectivity index is 1.38. The highest BCUT2D eigenvalue weighted by Crippen LogP contribution is 2.26. The highest BCUT2D eigenvalue weighted by atomic mass is 35.5. The molecule has 2 atom stereocenters. The van der Waals surface area contributed by atoms with Crippen LogP contribution in [0.1, 0.15) is 60.9 Å². The molecule has 1 aliphatic heterocycles. The van der Waals surface area contributed by atoms with Crippen LogP contribution in [-0.2, 0) is 33.4 Å². The highest BCUT2D eigenvalue weighted by molar-refractivity contribution is 7.88. The van der Waals surface area contributed by atoms with Crippen molar-refractivity contribution in [2.45, 2.75) is 57.2 Å². The SMILES string of the molecule is C[C@H](NC(=O)[C@@H]1CCCN(S(=O)(=O)Cc2cccc(Cl)c2)C1)c1ccc2c(c1)CCCC2. The standard InChI is InChI=1S/C25H31ClN2O3S/c1-18(21-12-11-20-7-2-3-8-22(20)15-21)27-25(29)23-9-5-13-28(16-23)32(30,31)17-19-6-4-10-24(26)14-19/h4,6,10-12,14-15,18,23H,2-3,5,7-9,13,16-17H2,1H3,(H,27,29)/t18-,23+/m0/s1. The molecule has 0 bridgehead atoms. The third kappa shape index (κ3) is 5.53. The molecule has 2 aliphatic rings. The first-order valence-corrected chi connectivity index (χ1v) is 13.4. The summed E-state index contributed by atoms with van der Waals surface area (Å²) < 4.78 is 27.4. The van der Waals surface area contributed by atoms with Crippen molar-refractivity contribution in [3.63, 3.8) is 0 Å². The van der Waals surface area contributed by atoms with Gasteiger partial charge in [-0.3, -0.25) is 4.79 Å². The minimum Gasteiger partial charge on any atom is -0.349 e. The van der Waals surface area contributed by atoms with Gasteiger partial charge in [0, 0.05) is 18.1 Å². The van der Waals surface area contributed by atoms with Gasteiger partial charge in [-0.15, -0.1) is 0 Å². The molecule has 1 amide bonds. The second kappa shape index (κ2) is 9.94. The van der Waals surface area contributed by atoms with Crippen LogP contribution < -0.4 is 5.32 Å². The first-order chi connectivity index (χ1) is 15.3. The van der Waals surface area contributed by atoms with E-state index < -0.39 is 10.0 Å². The highest BCUT2D eigenvalue weighted by Gasteiger charge is 2.33. The van der Waals surface area contributed by atoms with E-state index in [4.69, 9.17) is 11.6 Å². The van der Waals surface area contributed by atoms with E-state index in [-0.39, 0.29) is 30.2 Å². The number of halogens is 1. The molecule has 1 N–H and O–H groups in total. The molecule has 1 aliphatic carbocycles. The van der Waals surface area contributed by atoms with Crippen molar-refractivity contribution in [1.29, 1.82) is 0 Å². The average Bonchev–Trinajstić information content (AvgIpc) is 2.78. The van der Waals surface area contributed by atoms with Crippen LogP contribution in [-0.4, -0.2) is 31.7 Å². The predicted molar refractivity (Wildman–Crippen MR) is 128 cm³/mol. The molecule has 0 spiro atoms. The van der Waals surface area contributed by atoms with Crippen LogP contribution in [0, 0.1) is 5.92 Å². The van der Waals surface area contributed by atoms with E-state index in [0.717, 1.165) is 18.4 Å². The van der Waals surface area contributed by atoms with Gasteiger partial charge in [0.25, 0.3) is 0 Å². The fourth-order valence-electron chi connectivity index (χ4n) is 4.78. The summed E-state index contributed by atoms with van der Waals surface area (Å²) in [5, 5.41) is 3.64. The van der Waals surface area contributed by atoms with Gasteiger partial charge < -0.3 is 5.32 Å². The fraction of sp³-hybridized carbons (Fsp3) is 0.480. The molecule has 1 heterocycles. The van der Waals surface area contributed by atoms with Crippen molar-refractivity contribution in [1.82, 2.24) is 9.62 Å². The molecule has 7 heteroatoms. The van der Waals surface area contributed by atoms with E-state index in [1.165, 1.54) is 28.3 Å². The lowest BCUT2D eigenvalue weighted by Gasteiger charge is -2.32. The van der Waals surface area contributed by atoms with Gasteiger partial charge in [0.1, 0.15) is 0 Å². The molecule has 0 aromatic heterocycles. The first-order valence-electron chi connectivity index (χ1n) is 11.5. The first kappa shape index (κ1) is 23.3. The molecule has 0 radical (unpaired) electrons. The van der Waals surface area contributed by atoms with Crippen molar-refractivity contribution in [3.05, 3.63) is 69.7 Å². The number of hydrogen-bond donors (Lipinski definition) is 1. The maximum Gasteiger partial charge on any atom is 0.224 e. The van der Waals surface area contributed by atoms with Crippen molar-refractivity contribution >= 4 is 27.5 Å². The Morgan fingerprint density at radius 2 is 1.91 bits per heavy atom. The molecule has 0 unspecified atom stereocenters. The molecular formula is C25H31ClN2O3S. The van der Waals surface area contributed by atoms with Gasteiger partial charge >= 0.3 is 0 Å². The monoisotopic (exact) mass is 474 g/mol. The van der Waals surface area contributed by atoms with E-state index >= 15 is 0 Å². The lowest BCUT2D eigenvalue weighted by Crippen LogP contribution is -2.46. The Hall–Kier alpha value is -1.89. The third-order valence-corrected chi connectivity index (χ3v) is 8.67. The molecule has 4 rings (SSSR count). The maximum atomic E-state index is 13.0. The number of nitrogens with one attached hydrogen (secondary N) is 1. The van der Waals surface area contributed by atoms with Crippen molar-refractivity contribution in [3.8, 4) is 0 Å². The number of amides is 1. The van der Waals surface area contributed by atoms with Gasteiger partial charge in [0.15, 0.2) is 0 Å². The number of nitrogens with zero attached hydrogens (tertiary/aromatic N) is 1. The lowest BCUT2D eigenvalue weighted by molar-refractivity contribution is -0.126. The summed E-state index contributed by atoms with van der Waals surface area (Å²) in [4.78, 5) is 13.0. The number of piperidine rings is 1. The van der Waals surface area contributed by atoms with Crippen LogP contribution in [0.15, 0.2) is 42.5 Å². The molecule has 172 valence electrons. The van der Waals surface area contributed by atoms with E-state index in [1.54, 1.807) is 24.3 Å². The minimum atomic E-state index is -3.52. The Bertz CT molecular complexity index is 1090. The molecule has 1 saturated heterocycles. The van der Waals surface area contributed by atoms with Crippen LogP contribution in [0.3, 0.4) is 0 Å². The molecule has 2 aromatic rings. The van der Waals surface area contributed by atoms with Gasteiger partial charge in [0.05, 0.1) is 17.7 Å². The quantitative estimate of drug-likeness (QED) is 0.663. The van der Waals surface area contributed by atoms with Gasteiger partial charge in [-0.25, -0.2) is 12.7 Å². The number of hydrogen-bond acceptors (Lipinski definition) is 3. The normalized spacial score (nSPS) is 20.4. The minimum absolute atomic E-state index is 0.0714. The summed E-state index contributed by atoms with van der Waals surface area (Å²) in [5.74, 6) is -0.510. The van der Waals surface area contributed by atoms with E-state index in [9.17, 15) is 13.2 Å². The number of sulfonamides is 1. The Kier molecular flexibility index (Phi) is 7.23. The number of benzene rings is 2.